The predicted octanol–water partition coefficient (Wildman–Crippen LogP) is 4.66. The Hall–Kier alpha value is -2.22. The smallest absolute Gasteiger partial charge is 0.210 e. The lowest BCUT2D eigenvalue weighted by molar-refractivity contribution is -0.0950. The molecule has 0 unspecified atom stereocenters. The van der Waals surface area contributed by atoms with Crippen LogP contribution in [0.5, 0.6) is 0 Å². The maximum Gasteiger partial charge on any atom is 0.210 e. The molecular weight excluding hydrogens is 381 g/mol. The Labute approximate surface area is 167 Å². The van der Waals surface area contributed by atoms with E-state index in [1.54, 1.807) is 31.4 Å². The van der Waals surface area contributed by atoms with Gasteiger partial charge in [-0.1, -0.05) is 16.9 Å². The molecule has 1 saturated heterocycles. The summed E-state index contributed by atoms with van der Waals surface area (Å²) in [5.74, 6) is -0.654. The van der Waals surface area contributed by atoms with Crippen LogP contribution in [0, 0.1) is 5.82 Å². The van der Waals surface area contributed by atoms with Crippen molar-refractivity contribution < 1.29 is 23.9 Å². The molecule has 0 saturated carbocycles. The number of carbonyl (C=O) groups is 1. The van der Waals surface area contributed by atoms with Crippen LogP contribution < -0.4 is 0 Å². The standard InChI is InChI=1S/C21H22FNO4S/c1-14(23-25)20(24)15-3-5-18(6-4-15)28-19-12-16(11-17(22)13-19)21(26-2)7-9-27-10-8-21/h3-6,11-13,25H,7-10H2,1-2H3. The van der Waals surface area contributed by atoms with Crippen molar-refractivity contribution in [2.24, 2.45) is 5.16 Å². The number of hydrogen-bond donors (Lipinski definition) is 1. The largest absolute Gasteiger partial charge is 0.411 e. The Morgan fingerprint density at radius 3 is 2.46 bits per heavy atom. The average molecular weight is 403 g/mol. The minimum Gasteiger partial charge on any atom is -0.411 e. The Morgan fingerprint density at radius 1 is 1.18 bits per heavy atom. The summed E-state index contributed by atoms with van der Waals surface area (Å²) in [6.45, 7) is 2.61. The molecule has 2 aromatic rings. The van der Waals surface area contributed by atoms with Crippen LogP contribution in [0.1, 0.15) is 35.7 Å². The number of hydrogen-bond acceptors (Lipinski definition) is 6. The summed E-state index contributed by atoms with van der Waals surface area (Å²) >= 11 is 1.41. The van der Waals surface area contributed by atoms with E-state index < -0.39 is 5.60 Å². The highest BCUT2D eigenvalue weighted by Crippen LogP contribution is 2.38. The number of methoxy groups -OCH3 is 1. The summed E-state index contributed by atoms with van der Waals surface area (Å²) in [6, 6.07) is 11.9. The summed E-state index contributed by atoms with van der Waals surface area (Å²) in [4.78, 5) is 13.6. The van der Waals surface area contributed by atoms with Gasteiger partial charge in [0.1, 0.15) is 11.5 Å². The van der Waals surface area contributed by atoms with E-state index in [1.165, 1.54) is 30.8 Å². The van der Waals surface area contributed by atoms with Gasteiger partial charge >= 0.3 is 0 Å². The number of rotatable bonds is 6. The van der Waals surface area contributed by atoms with Crippen LogP contribution in [-0.2, 0) is 15.1 Å². The first-order valence-electron chi connectivity index (χ1n) is 8.93. The highest BCUT2D eigenvalue weighted by molar-refractivity contribution is 7.99. The van der Waals surface area contributed by atoms with E-state index >= 15 is 0 Å². The number of ketones is 1. The van der Waals surface area contributed by atoms with Crippen molar-refractivity contribution in [3.63, 3.8) is 0 Å². The molecule has 28 heavy (non-hydrogen) atoms. The molecule has 1 N–H and O–H groups in total. The summed E-state index contributed by atoms with van der Waals surface area (Å²) in [5, 5.41) is 11.7. The van der Waals surface area contributed by atoms with Gasteiger partial charge in [-0.2, -0.15) is 0 Å². The third kappa shape index (κ3) is 4.43. The van der Waals surface area contributed by atoms with Gasteiger partial charge in [-0.3, -0.25) is 4.79 Å². The van der Waals surface area contributed by atoms with Crippen molar-refractivity contribution in [1.29, 1.82) is 0 Å². The SMILES string of the molecule is COC1(c2cc(F)cc(Sc3ccc(C(=O)C(C)=NO)cc3)c2)CCOCC1. The van der Waals surface area contributed by atoms with Crippen molar-refractivity contribution in [3.05, 3.63) is 59.4 Å². The molecule has 5 nitrogen and oxygen atoms in total. The van der Waals surface area contributed by atoms with Crippen molar-refractivity contribution in [2.75, 3.05) is 20.3 Å². The van der Waals surface area contributed by atoms with Gasteiger partial charge in [0, 0.05) is 48.5 Å². The first-order valence-corrected chi connectivity index (χ1v) is 9.74. The number of carbonyl (C=O) groups excluding carboxylic acids is 1. The Balaban J connectivity index is 1.83. The lowest BCUT2D eigenvalue weighted by atomic mass is 9.86. The molecule has 0 amide bonds. The molecule has 0 aromatic heterocycles. The van der Waals surface area contributed by atoms with Crippen LogP contribution in [0.4, 0.5) is 4.39 Å². The molecule has 0 aliphatic carbocycles. The molecule has 2 aromatic carbocycles. The Kier molecular flexibility index (Phi) is 6.49. The topological polar surface area (TPSA) is 68.1 Å². The molecule has 148 valence electrons. The van der Waals surface area contributed by atoms with Gasteiger partial charge in [-0.25, -0.2) is 4.39 Å². The van der Waals surface area contributed by atoms with Crippen LogP contribution in [0.2, 0.25) is 0 Å². The Morgan fingerprint density at radius 2 is 1.86 bits per heavy atom. The normalized spacial score (nSPS) is 16.8. The van der Waals surface area contributed by atoms with Crippen LogP contribution in [0.25, 0.3) is 0 Å². The molecule has 7 heteroatoms. The van der Waals surface area contributed by atoms with E-state index in [-0.39, 0.29) is 17.3 Å². The second-order valence-electron chi connectivity index (χ2n) is 6.63. The summed E-state index contributed by atoms with van der Waals surface area (Å²) in [6.07, 6.45) is 1.36. The fraction of sp³-hybridized carbons (Fsp3) is 0.333. The molecule has 0 atom stereocenters. The highest BCUT2D eigenvalue weighted by Gasteiger charge is 2.35. The van der Waals surface area contributed by atoms with Gasteiger partial charge < -0.3 is 14.7 Å². The molecule has 1 fully saturated rings. The highest BCUT2D eigenvalue weighted by atomic mass is 32.2. The zero-order valence-electron chi connectivity index (χ0n) is 15.8. The van der Waals surface area contributed by atoms with Gasteiger partial charge in [-0.05, 0) is 55.0 Å². The fourth-order valence-electron chi connectivity index (χ4n) is 3.26. The average Bonchev–Trinajstić information content (AvgIpc) is 2.73. The zero-order chi connectivity index (χ0) is 20.1. The summed E-state index contributed by atoms with van der Waals surface area (Å²) < 4.78 is 25.5. The minimum atomic E-state index is -0.535. The molecule has 1 aliphatic heterocycles. The monoisotopic (exact) mass is 403 g/mol. The van der Waals surface area contributed by atoms with E-state index in [9.17, 15) is 9.18 Å². The third-order valence-corrected chi connectivity index (χ3v) is 5.90. The lowest BCUT2D eigenvalue weighted by Crippen LogP contribution is -2.35. The van der Waals surface area contributed by atoms with Gasteiger partial charge in [0.25, 0.3) is 0 Å². The summed E-state index contributed by atoms with van der Waals surface area (Å²) in [7, 11) is 1.65. The minimum absolute atomic E-state index is 0.0245. The number of benzene rings is 2. The second kappa shape index (κ2) is 8.86. The lowest BCUT2D eigenvalue weighted by Gasteiger charge is -2.36. The predicted molar refractivity (Wildman–Crippen MR) is 105 cm³/mol. The molecule has 0 radical (unpaired) electrons. The van der Waals surface area contributed by atoms with Crippen molar-refractivity contribution >= 4 is 23.3 Å². The van der Waals surface area contributed by atoms with Crippen molar-refractivity contribution in [2.45, 2.75) is 35.2 Å². The van der Waals surface area contributed by atoms with Gasteiger partial charge in [0.05, 0.1) is 5.60 Å². The van der Waals surface area contributed by atoms with E-state index in [1.807, 2.05) is 6.07 Å². The molecule has 1 heterocycles. The maximum atomic E-state index is 14.3. The number of nitrogens with zero attached hydrogens (tertiary/aromatic N) is 1. The van der Waals surface area contributed by atoms with Crippen LogP contribution in [0.3, 0.4) is 0 Å². The zero-order valence-corrected chi connectivity index (χ0v) is 16.6. The number of oxime groups is 1. The number of ether oxygens (including phenoxy) is 2. The van der Waals surface area contributed by atoms with Gasteiger partial charge in [-0.15, -0.1) is 0 Å². The van der Waals surface area contributed by atoms with Crippen LogP contribution in [-0.4, -0.2) is 37.0 Å². The maximum absolute atomic E-state index is 14.3. The Bertz CT molecular complexity index is 876. The van der Waals surface area contributed by atoms with Gasteiger partial charge in [0.2, 0.25) is 5.78 Å². The number of Topliss-reactive ketones (excluding diaryl/α,β-unsaturated/α-hetero) is 1. The molecular formula is C21H22FNO4S. The summed E-state index contributed by atoms with van der Waals surface area (Å²) in [5.41, 5.74) is 0.728. The van der Waals surface area contributed by atoms with E-state index in [0.717, 1.165) is 15.4 Å². The molecule has 1 aliphatic rings. The van der Waals surface area contributed by atoms with E-state index in [4.69, 9.17) is 14.7 Å². The van der Waals surface area contributed by atoms with Gasteiger partial charge in [0.15, 0.2) is 0 Å². The molecule has 3 rings (SSSR count). The molecule has 0 spiro atoms. The van der Waals surface area contributed by atoms with Crippen LogP contribution >= 0.6 is 11.8 Å². The fourth-order valence-corrected chi connectivity index (χ4v) is 4.16. The van der Waals surface area contributed by atoms with E-state index in [2.05, 4.69) is 5.16 Å². The van der Waals surface area contributed by atoms with E-state index in [0.29, 0.717) is 31.6 Å². The third-order valence-electron chi connectivity index (χ3n) is 4.92. The quantitative estimate of drug-likeness (QED) is 0.329. The first-order chi connectivity index (χ1) is 13.5. The molecule has 0 bridgehead atoms. The number of halogens is 1. The van der Waals surface area contributed by atoms with Crippen LogP contribution in [0.15, 0.2) is 57.4 Å². The van der Waals surface area contributed by atoms with Crippen molar-refractivity contribution in [3.8, 4) is 0 Å². The first kappa shape index (κ1) is 20.5. The van der Waals surface area contributed by atoms with Crippen molar-refractivity contribution in [1.82, 2.24) is 0 Å². The second-order valence-corrected chi connectivity index (χ2v) is 7.77.